The van der Waals surface area contributed by atoms with Crippen LogP contribution in [0.15, 0.2) is 0 Å². The highest BCUT2D eigenvalue weighted by molar-refractivity contribution is 6.06. The first-order valence-electron chi connectivity index (χ1n) is 8.66. The second kappa shape index (κ2) is 8.32. The molecule has 0 saturated heterocycles. The maximum atomic E-state index is 13.1. The van der Waals surface area contributed by atoms with Crippen molar-refractivity contribution in [1.82, 2.24) is 9.47 Å². The topological polar surface area (TPSA) is 68.6 Å². The van der Waals surface area contributed by atoms with Crippen molar-refractivity contribution in [3.63, 3.8) is 0 Å². The molecule has 6 nitrogen and oxygen atoms in total. The van der Waals surface area contributed by atoms with Gasteiger partial charge in [-0.2, -0.15) is 0 Å². The van der Waals surface area contributed by atoms with Crippen LogP contribution in [-0.2, 0) is 16.6 Å². The van der Waals surface area contributed by atoms with Gasteiger partial charge in [0.25, 0.3) is 0 Å². The number of carbonyl (C=O) groups is 3. The van der Waals surface area contributed by atoms with Gasteiger partial charge in [-0.15, -0.1) is 0 Å². The monoisotopic (exact) mass is 350 g/mol. The molecule has 140 valence electrons. The molecule has 0 aliphatic rings. The van der Waals surface area contributed by atoms with Crippen molar-refractivity contribution >= 4 is 17.7 Å². The van der Waals surface area contributed by atoms with Crippen molar-refractivity contribution < 1.29 is 19.1 Å². The van der Waals surface area contributed by atoms with Crippen molar-refractivity contribution in [1.29, 1.82) is 0 Å². The molecule has 0 saturated carbocycles. The first kappa shape index (κ1) is 20.9. The van der Waals surface area contributed by atoms with Gasteiger partial charge in [0.05, 0.1) is 13.2 Å². The fourth-order valence-electron chi connectivity index (χ4n) is 3.21. The number of Topliss-reactive ketones (excluding diaryl/α,β-unsaturated/α-hetero) is 1. The summed E-state index contributed by atoms with van der Waals surface area (Å²) >= 11 is 0. The molecule has 1 aromatic heterocycles. The van der Waals surface area contributed by atoms with Crippen molar-refractivity contribution in [3.8, 4) is 0 Å². The smallest absolute Gasteiger partial charge is 0.354 e. The Kier molecular flexibility index (Phi) is 6.96. The molecular weight excluding hydrogens is 320 g/mol. The van der Waals surface area contributed by atoms with Gasteiger partial charge in [0.15, 0.2) is 5.78 Å². The first-order chi connectivity index (χ1) is 11.6. The van der Waals surface area contributed by atoms with E-state index in [2.05, 4.69) is 0 Å². The lowest BCUT2D eigenvalue weighted by atomic mass is 9.99. The van der Waals surface area contributed by atoms with Crippen LogP contribution >= 0.6 is 0 Å². The van der Waals surface area contributed by atoms with Crippen molar-refractivity contribution in [3.05, 3.63) is 22.5 Å². The number of ether oxygens (including phenoxy) is 1. The largest absolute Gasteiger partial charge is 0.464 e. The minimum Gasteiger partial charge on any atom is -0.464 e. The molecule has 0 spiro atoms. The van der Waals surface area contributed by atoms with Crippen LogP contribution < -0.4 is 0 Å². The van der Waals surface area contributed by atoms with Crippen LogP contribution in [0, 0.1) is 19.8 Å². The lowest BCUT2D eigenvalue weighted by Crippen LogP contribution is -2.43. The molecule has 1 amide bonds. The Morgan fingerprint density at radius 1 is 1.16 bits per heavy atom. The molecule has 0 radical (unpaired) electrons. The molecular formula is C19H30N2O4. The second-order valence-corrected chi connectivity index (χ2v) is 6.80. The summed E-state index contributed by atoms with van der Waals surface area (Å²) in [6, 6.07) is -0.582. The summed E-state index contributed by atoms with van der Waals surface area (Å²) in [5, 5.41) is 0. The van der Waals surface area contributed by atoms with Gasteiger partial charge >= 0.3 is 5.97 Å². The van der Waals surface area contributed by atoms with Crippen LogP contribution in [0.1, 0.15) is 66.2 Å². The summed E-state index contributed by atoms with van der Waals surface area (Å²) in [4.78, 5) is 39.2. The summed E-state index contributed by atoms with van der Waals surface area (Å²) in [7, 11) is 3.05. The van der Waals surface area contributed by atoms with Crippen LogP contribution in [0.2, 0.25) is 0 Å². The van der Waals surface area contributed by atoms with Crippen molar-refractivity contribution in [2.24, 2.45) is 13.0 Å². The third-order valence-corrected chi connectivity index (χ3v) is 4.65. The Bertz CT molecular complexity index is 673. The number of amides is 1. The molecule has 0 fully saturated rings. The number of nitrogens with zero attached hydrogens (tertiary/aromatic N) is 2. The summed E-state index contributed by atoms with van der Waals surface area (Å²) in [6.45, 7) is 11.6. The number of esters is 1. The number of methoxy groups -OCH3 is 1. The van der Waals surface area contributed by atoms with E-state index in [1.807, 2.05) is 20.8 Å². The zero-order chi connectivity index (χ0) is 19.5. The molecule has 0 bridgehead atoms. The number of hydrogen-bond acceptors (Lipinski definition) is 4. The average Bonchev–Trinajstić information content (AvgIpc) is 2.75. The van der Waals surface area contributed by atoms with Gasteiger partial charge in [0.2, 0.25) is 5.91 Å². The number of hydrogen-bond donors (Lipinski definition) is 0. The van der Waals surface area contributed by atoms with Gasteiger partial charge in [-0.05, 0) is 39.2 Å². The van der Waals surface area contributed by atoms with E-state index in [1.54, 1.807) is 37.3 Å². The van der Waals surface area contributed by atoms with E-state index in [0.717, 1.165) is 0 Å². The fraction of sp³-hybridized carbons (Fsp3) is 0.632. The Balaban J connectivity index is 3.26. The van der Waals surface area contributed by atoms with Crippen LogP contribution in [0.3, 0.4) is 0 Å². The number of rotatable bonds is 7. The molecule has 6 heteroatoms. The molecule has 1 aromatic rings. The third-order valence-electron chi connectivity index (χ3n) is 4.65. The van der Waals surface area contributed by atoms with E-state index in [-0.39, 0.29) is 17.6 Å². The lowest BCUT2D eigenvalue weighted by Gasteiger charge is -2.28. The van der Waals surface area contributed by atoms with E-state index in [1.165, 1.54) is 7.11 Å². The molecule has 0 aromatic carbocycles. The zero-order valence-corrected chi connectivity index (χ0v) is 16.6. The summed E-state index contributed by atoms with van der Waals surface area (Å²) in [6.07, 6.45) is 0.408. The van der Waals surface area contributed by atoms with Gasteiger partial charge in [-0.25, -0.2) is 4.79 Å². The predicted octanol–water partition coefficient (Wildman–Crippen LogP) is 2.89. The molecule has 1 rings (SSSR count). The summed E-state index contributed by atoms with van der Waals surface area (Å²) in [5.74, 6) is -0.425. The highest BCUT2D eigenvalue weighted by Gasteiger charge is 2.31. The molecule has 0 aliphatic heterocycles. The molecule has 0 N–H and O–H groups in total. The Labute approximate surface area is 150 Å². The van der Waals surface area contributed by atoms with Crippen LogP contribution in [-0.4, -0.2) is 46.8 Å². The Hall–Kier alpha value is -2.11. The fourth-order valence-corrected chi connectivity index (χ4v) is 3.21. The minimum absolute atomic E-state index is 0.0298. The van der Waals surface area contributed by atoms with Gasteiger partial charge < -0.3 is 14.2 Å². The molecule has 0 unspecified atom stereocenters. The van der Waals surface area contributed by atoms with Gasteiger partial charge in [-0.1, -0.05) is 13.8 Å². The normalized spacial score (nSPS) is 12.2. The van der Waals surface area contributed by atoms with E-state index in [9.17, 15) is 14.4 Å². The van der Waals surface area contributed by atoms with Gasteiger partial charge in [0.1, 0.15) is 5.69 Å². The quantitative estimate of drug-likeness (QED) is 0.560. The van der Waals surface area contributed by atoms with Crippen LogP contribution in [0.25, 0.3) is 0 Å². The predicted molar refractivity (Wildman–Crippen MR) is 96.9 cm³/mol. The third kappa shape index (κ3) is 4.11. The van der Waals surface area contributed by atoms with E-state index < -0.39 is 12.0 Å². The second-order valence-electron chi connectivity index (χ2n) is 6.80. The van der Waals surface area contributed by atoms with E-state index in [4.69, 9.17) is 4.74 Å². The van der Waals surface area contributed by atoms with Crippen LogP contribution in [0.5, 0.6) is 0 Å². The SMILES string of the molecule is CCN(C(=O)CC(C)C)[C@@H](C)C(=O)c1c(C)c(C(=O)OC)n(C)c1C. The van der Waals surface area contributed by atoms with E-state index in [0.29, 0.717) is 35.5 Å². The maximum Gasteiger partial charge on any atom is 0.354 e. The van der Waals surface area contributed by atoms with Gasteiger partial charge in [-0.3, -0.25) is 9.59 Å². The number of ketones is 1. The highest BCUT2D eigenvalue weighted by atomic mass is 16.5. The van der Waals surface area contributed by atoms with Gasteiger partial charge in [0, 0.05) is 31.3 Å². The summed E-state index contributed by atoms with van der Waals surface area (Å²) in [5.41, 5.74) is 2.15. The van der Waals surface area contributed by atoms with Crippen LogP contribution in [0.4, 0.5) is 0 Å². The molecule has 25 heavy (non-hydrogen) atoms. The Morgan fingerprint density at radius 3 is 2.16 bits per heavy atom. The number of carbonyl (C=O) groups excluding carboxylic acids is 3. The number of aromatic nitrogens is 1. The standard InChI is InChI=1S/C19H30N2O4/c1-9-21(15(22)10-11(2)3)14(6)18(23)16-12(4)17(19(24)25-8)20(7)13(16)5/h11,14H,9-10H2,1-8H3/t14-/m0/s1. The molecule has 1 heterocycles. The van der Waals surface area contributed by atoms with E-state index >= 15 is 0 Å². The maximum absolute atomic E-state index is 13.1. The zero-order valence-electron chi connectivity index (χ0n) is 16.6. The lowest BCUT2D eigenvalue weighted by molar-refractivity contribution is -0.133. The highest BCUT2D eigenvalue weighted by Crippen LogP contribution is 2.24. The number of likely N-dealkylation sites (N-methyl/N-ethyl adjacent to an activating group) is 1. The van der Waals surface area contributed by atoms with Crippen molar-refractivity contribution in [2.45, 2.75) is 54.0 Å². The molecule has 1 atom stereocenters. The molecule has 0 aliphatic carbocycles. The van der Waals surface area contributed by atoms with Crippen molar-refractivity contribution in [2.75, 3.05) is 13.7 Å². The first-order valence-corrected chi connectivity index (χ1v) is 8.66. The average molecular weight is 350 g/mol. The Morgan fingerprint density at radius 2 is 1.72 bits per heavy atom. The minimum atomic E-state index is -0.582. The summed E-state index contributed by atoms with van der Waals surface area (Å²) < 4.78 is 6.50.